The second kappa shape index (κ2) is 6.09. The normalized spacial score (nSPS) is 11.1. The first-order valence-corrected chi connectivity index (χ1v) is 7.91. The van der Waals surface area contributed by atoms with Gasteiger partial charge < -0.3 is 24.8 Å². The average molecular weight is 349 g/mol. The summed E-state index contributed by atoms with van der Waals surface area (Å²) in [6.45, 7) is -0.258. The fourth-order valence-electron chi connectivity index (χ4n) is 2.85. The third kappa shape index (κ3) is 2.62. The standard InChI is InChI=1S/C20H15NO5/c22-10-14-7-13-6-12(5-4-11(13)8-17(14)24)20-21-9-18(26-20)15-2-1-3-16(23)19(15)25/h1-9,22-25H,10H2. The summed E-state index contributed by atoms with van der Waals surface area (Å²) in [7, 11) is 0. The van der Waals surface area contributed by atoms with Crippen LogP contribution in [0, 0.1) is 0 Å². The van der Waals surface area contributed by atoms with Gasteiger partial charge in [0.05, 0.1) is 18.4 Å². The summed E-state index contributed by atoms with van der Waals surface area (Å²) in [6, 6.07) is 13.4. The van der Waals surface area contributed by atoms with Gasteiger partial charge in [0.15, 0.2) is 17.3 Å². The van der Waals surface area contributed by atoms with E-state index in [4.69, 9.17) is 4.42 Å². The Balaban J connectivity index is 1.77. The lowest BCUT2D eigenvalue weighted by Gasteiger charge is -2.06. The maximum atomic E-state index is 9.97. The van der Waals surface area contributed by atoms with Crippen LogP contribution in [0.4, 0.5) is 0 Å². The number of aromatic nitrogens is 1. The molecule has 0 atom stereocenters. The zero-order valence-electron chi connectivity index (χ0n) is 13.5. The summed E-state index contributed by atoms with van der Waals surface area (Å²) >= 11 is 0. The van der Waals surface area contributed by atoms with Crippen LogP contribution >= 0.6 is 0 Å². The minimum Gasteiger partial charge on any atom is -0.508 e. The number of oxazole rings is 1. The zero-order valence-corrected chi connectivity index (χ0v) is 13.5. The molecule has 4 aromatic rings. The molecule has 3 aromatic carbocycles. The Bertz CT molecular complexity index is 1120. The molecular weight excluding hydrogens is 334 g/mol. The van der Waals surface area contributed by atoms with Gasteiger partial charge in [0.25, 0.3) is 0 Å². The number of nitrogens with zero attached hydrogens (tertiary/aromatic N) is 1. The van der Waals surface area contributed by atoms with Crippen LogP contribution in [0.25, 0.3) is 33.6 Å². The van der Waals surface area contributed by atoms with E-state index in [2.05, 4.69) is 4.98 Å². The van der Waals surface area contributed by atoms with Crippen molar-refractivity contribution in [3.8, 4) is 40.0 Å². The summed E-state index contributed by atoms with van der Waals surface area (Å²) in [6.07, 6.45) is 1.48. The molecular formula is C20H15NO5. The molecule has 4 N–H and O–H groups in total. The number of phenolic OH excluding ortho intramolecular Hbond substituents is 2. The van der Waals surface area contributed by atoms with Gasteiger partial charge in [-0.1, -0.05) is 12.1 Å². The summed E-state index contributed by atoms with van der Waals surface area (Å²) in [4.78, 5) is 4.24. The lowest BCUT2D eigenvalue weighted by molar-refractivity contribution is 0.276. The Morgan fingerprint density at radius 2 is 1.73 bits per heavy atom. The SMILES string of the molecule is OCc1cc2cc(-c3ncc(-c4cccc(O)c4O)o3)ccc2cc1O. The minimum absolute atomic E-state index is 0.0468. The van der Waals surface area contributed by atoms with Crippen molar-refractivity contribution < 1.29 is 24.8 Å². The fourth-order valence-corrected chi connectivity index (χ4v) is 2.85. The van der Waals surface area contributed by atoms with Gasteiger partial charge in [-0.3, -0.25) is 0 Å². The van der Waals surface area contributed by atoms with Crippen LogP contribution in [0.5, 0.6) is 17.2 Å². The van der Waals surface area contributed by atoms with E-state index in [0.29, 0.717) is 28.3 Å². The number of hydrogen-bond donors (Lipinski definition) is 4. The van der Waals surface area contributed by atoms with Crippen molar-refractivity contribution >= 4 is 10.8 Å². The smallest absolute Gasteiger partial charge is 0.226 e. The second-order valence-corrected chi connectivity index (χ2v) is 5.90. The Morgan fingerprint density at radius 1 is 0.885 bits per heavy atom. The van der Waals surface area contributed by atoms with Gasteiger partial charge in [-0.05, 0) is 47.2 Å². The highest BCUT2D eigenvalue weighted by atomic mass is 16.4. The van der Waals surface area contributed by atoms with E-state index in [0.717, 1.165) is 10.8 Å². The van der Waals surface area contributed by atoms with Gasteiger partial charge in [-0.25, -0.2) is 4.98 Å². The Labute approximate surface area is 148 Å². The van der Waals surface area contributed by atoms with Gasteiger partial charge in [0.2, 0.25) is 5.89 Å². The van der Waals surface area contributed by atoms with E-state index in [-0.39, 0.29) is 23.9 Å². The Kier molecular flexibility index (Phi) is 3.74. The van der Waals surface area contributed by atoms with E-state index in [1.807, 2.05) is 12.1 Å². The molecule has 4 rings (SSSR count). The molecule has 6 nitrogen and oxygen atoms in total. The number of benzene rings is 3. The topological polar surface area (TPSA) is 107 Å². The number of aliphatic hydroxyl groups is 1. The summed E-state index contributed by atoms with van der Waals surface area (Å²) in [5, 5.41) is 40.4. The van der Waals surface area contributed by atoms with E-state index in [9.17, 15) is 20.4 Å². The molecule has 0 saturated carbocycles. The molecule has 1 aromatic heterocycles. The summed E-state index contributed by atoms with van der Waals surface area (Å²) < 4.78 is 5.74. The molecule has 1 heterocycles. The molecule has 0 saturated heterocycles. The maximum absolute atomic E-state index is 9.97. The van der Waals surface area contributed by atoms with Crippen LogP contribution in [0.1, 0.15) is 5.56 Å². The molecule has 0 amide bonds. The first-order chi connectivity index (χ1) is 12.6. The van der Waals surface area contributed by atoms with Crippen LogP contribution < -0.4 is 0 Å². The molecule has 0 aliphatic rings. The highest BCUT2D eigenvalue weighted by Crippen LogP contribution is 2.38. The second-order valence-electron chi connectivity index (χ2n) is 5.90. The number of aromatic hydroxyl groups is 3. The number of aliphatic hydroxyl groups excluding tert-OH is 1. The van der Waals surface area contributed by atoms with Crippen molar-refractivity contribution in [3.05, 3.63) is 60.3 Å². The molecule has 0 fully saturated rings. The van der Waals surface area contributed by atoms with E-state index >= 15 is 0 Å². The van der Waals surface area contributed by atoms with Gasteiger partial charge in [0, 0.05) is 11.1 Å². The first kappa shape index (κ1) is 16.0. The number of fused-ring (bicyclic) bond motifs is 1. The minimum atomic E-state index is -0.267. The van der Waals surface area contributed by atoms with Crippen molar-refractivity contribution in [2.45, 2.75) is 6.61 Å². The van der Waals surface area contributed by atoms with Gasteiger partial charge in [0.1, 0.15) is 5.75 Å². The van der Waals surface area contributed by atoms with Crippen LogP contribution in [0.15, 0.2) is 59.1 Å². The average Bonchev–Trinajstić information content (AvgIpc) is 3.13. The molecule has 0 unspecified atom stereocenters. The fraction of sp³-hybridized carbons (Fsp3) is 0.0500. The number of phenols is 3. The predicted octanol–water partition coefficient (Wildman–Crippen LogP) is 3.77. The zero-order chi connectivity index (χ0) is 18.3. The predicted molar refractivity (Wildman–Crippen MR) is 95.8 cm³/mol. The van der Waals surface area contributed by atoms with Gasteiger partial charge >= 0.3 is 0 Å². The lowest BCUT2D eigenvalue weighted by Crippen LogP contribution is -1.86. The maximum Gasteiger partial charge on any atom is 0.226 e. The molecule has 26 heavy (non-hydrogen) atoms. The molecule has 0 aliphatic heterocycles. The Hall–Kier alpha value is -3.51. The van der Waals surface area contributed by atoms with E-state index in [1.165, 1.54) is 12.3 Å². The van der Waals surface area contributed by atoms with Crippen molar-refractivity contribution in [1.29, 1.82) is 0 Å². The molecule has 0 aliphatic carbocycles. The quantitative estimate of drug-likeness (QED) is 0.420. The molecule has 6 heteroatoms. The largest absolute Gasteiger partial charge is 0.508 e. The van der Waals surface area contributed by atoms with Crippen molar-refractivity contribution in [1.82, 2.24) is 4.98 Å². The summed E-state index contributed by atoms with van der Waals surface area (Å²) in [5.74, 6) is 0.225. The highest BCUT2D eigenvalue weighted by molar-refractivity contribution is 5.88. The number of para-hydroxylation sites is 1. The van der Waals surface area contributed by atoms with Crippen molar-refractivity contribution in [3.63, 3.8) is 0 Å². The van der Waals surface area contributed by atoms with Gasteiger partial charge in [-0.15, -0.1) is 0 Å². The lowest BCUT2D eigenvalue weighted by atomic mass is 10.0. The monoisotopic (exact) mass is 349 g/mol. The van der Waals surface area contributed by atoms with Crippen molar-refractivity contribution in [2.24, 2.45) is 0 Å². The first-order valence-electron chi connectivity index (χ1n) is 7.91. The molecule has 130 valence electrons. The van der Waals surface area contributed by atoms with Crippen LogP contribution in [0.2, 0.25) is 0 Å². The van der Waals surface area contributed by atoms with Crippen LogP contribution in [0.3, 0.4) is 0 Å². The van der Waals surface area contributed by atoms with E-state index in [1.54, 1.807) is 30.3 Å². The number of hydrogen-bond acceptors (Lipinski definition) is 6. The molecule has 0 spiro atoms. The third-order valence-corrected chi connectivity index (χ3v) is 4.24. The molecule has 0 radical (unpaired) electrons. The van der Waals surface area contributed by atoms with Crippen LogP contribution in [-0.2, 0) is 6.61 Å². The van der Waals surface area contributed by atoms with Gasteiger partial charge in [-0.2, -0.15) is 0 Å². The van der Waals surface area contributed by atoms with E-state index < -0.39 is 0 Å². The number of rotatable bonds is 3. The Morgan fingerprint density at radius 3 is 2.54 bits per heavy atom. The van der Waals surface area contributed by atoms with Crippen LogP contribution in [-0.4, -0.2) is 25.4 Å². The molecule has 0 bridgehead atoms. The third-order valence-electron chi connectivity index (χ3n) is 4.24. The highest BCUT2D eigenvalue weighted by Gasteiger charge is 2.14. The van der Waals surface area contributed by atoms with Crippen molar-refractivity contribution in [2.75, 3.05) is 0 Å². The summed E-state index contributed by atoms with van der Waals surface area (Å²) in [5.41, 5.74) is 1.49.